The third-order valence-corrected chi connectivity index (χ3v) is 6.37. The molecule has 164 valence electrons. The fourth-order valence-electron chi connectivity index (χ4n) is 3.81. The smallest absolute Gasteiger partial charge is 0.317 e. The summed E-state index contributed by atoms with van der Waals surface area (Å²) in [6.45, 7) is 7.43. The van der Waals surface area contributed by atoms with E-state index in [9.17, 15) is 9.59 Å². The van der Waals surface area contributed by atoms with E-state index in [0.29, 0.717) is 25.2 Å². The Morgan fingerprint density at radius 3 is 2.55 bits per heavy atom. The predicted molar refractivity (Wildman–Crippen MR) is 125 cm³/mol. The first-order valence-electron chi connectivity index (χ1n) is 10.7. The van der Waals surface area contributed by atoms with E-state index < -0.39 is 0 Å². The fourth-order valence-corrected chi connectivity index (χ4v) is 4.52. The second kappa shape index (κ2) is 9.43. The lowest BCUT2D eigenvalue weighted by Gasteiger charge is -2.36. The molecule has 31 heavy (non-hydrogen) atoms. The Morgan fingerprint density at radius 2 is 1.84 bits per heavy atom. The maximum absolute atomic E-state index is 12.6. The molecule has 4 heterocycles. The molecule has 8 heteroatoms. The Balaban J connectivity index is 1.40. The lowest BCUT2D eigenvalue weighted by Crippen LogP contribution is -2.53. The molecule has 0 unspecified atom stereocenters. The Morgan fingerprint density at radius 1 is 1.06 bits per heavy atom. The third-order valence-electron chi connectivity index (χ3n) is 5.43. The van der Waals surface area contributed by atoms with Crippen molar-refractivity contribution in [2.45, 2.75) is 26.3 Å². The van der Waals surface area contributed by atoms with Crippen molar-refractivity contribution < 1.29 is 9.59 Å². The van der Waals surface area contributed by atoms with Gasteiger partial charge in [-0.15, -0.1) is 11.3 Å². The first-order chi connectivity index (χ1) is 15.0. The van der Waals surface area contributed by atoms with Crippen molar-refractivity contribution in [2.24, 2.45) is 0 Å². The molecule has 3 amide bonds. The fraction of sp³-hybridized carbons (Fsp3) is 0.391. The van der Waals surface area contributed by atoms with Crippen LogP contribution in [0.15, 0.2) is 48.0 Å². The quantitative estimate of drug-likeness (QED) is 0.620. The van der Waals surface area contributed by atoms with Crippen LogP contribution in [-0.2, 0) is 6.42 Å². The molecule has 1 saturated heterocycles. The Bertz CT molecular complexity index is 1040. The van der Waals surface area contributed by atoms with Gasteiger partial charge in [0.15, 0.2) is 0 Å². The Labute approximate surface area is 186 Å². The number of nitrogens with zero attached hydrogens (tertiary/aromatic N) is 3. The number of amides is 3. The number of rotatable bonds is 6. The molecule has 3 aromatic rings. The van der Waals surface area contributed by atoms with E-state index in [1.807, 2.05) is 43.1 Å². The van der Waals surface area contributed by atoms with E-state index in [-0.39, 0.29) is 18.0 Å². The van der Waals surface area contributed by atoms with Gasteiger partial charge in [0.25, 0.3) is 5.91 Å². The van der Waals surface area contributed by atoms with Gasteiger partial charge in [-0.1, -0.05) is 6.07 Å². The molecule has 4 rings (SSSR count). The summed E-state index contributed by atoms with van der Waals surface area (Å²) in [5.74, 6) is 0.987. The van der Waals surface area contributed by atoms with Gasteiger partial charge >= 0.3 is 6.03 Å². The summed E-state index contributed by atoms with van der Waals surface area (Å²) >= 11 is 1.71. The zero-order valence-corrected chi connectivity index (χ0v) is 18.8. The van der Waals surface area contributed by atoms with Crippen LogP contribution >= 0.6 is 11.3 Å². The molecule has 0 saturated carbocycles. The third kappa shape index (κ3) is 5.02. The monoisotopic (exact) mass is 439 g/mol. The van der Waals surface area contributed by atoms with Gasteiger partial charge in [0.05, 0.1) is 5.56 Å². The highest BCUT2D eigenvalue weighted by molar-refractivity contribution is 7.09. The van der Waals surface area contributed by atoms with Gasteiger partial charge in [-0.25, -0.2) is 4.79 Å². The number of anilines is 1. The van der Waals surface area contributed by atoms with E-state index in [2.05, 4.69) is 43.5 Å². The molecule has 0 radical (unpaired) electrons. The Kier molecular flexibility index (Phi) is 6.46. The molecule has 3 aromatic heterocycles. The van der Waals surface area contributed by atoms with Crippen molar-refractivity contribution >= 4 is 34.6 Å². The predicted octanol–water partition coefficient (Wildman–Crippen LogP) is 3.21. The molecule has 1 aliphatic rings. The summed E-state index contributed by atoms with van der Waals surface area (Å²) in [5.41, 5.74) is 1.69. The van der Waals surface area contributed by atoms with E-state index in [0.717, 1.165) is 30.8 Å². The minimum absolute atomic E-state index is 0.00354. The van der Waals surface area contributed by atoms with Crippen LogP contribution in [0.4, 0.5) is 10.6 Å². The van der Waals surface area contributed by atoms with Gasteiger partial charge in [0, 0.05) is 55.4 Å². The maximum Gasteiger partial charge on any atom is 0.317 e. The number of fused-ring (bicyclic) bond motifs is 1. The molecular formula is C23H29N5O2S. The number of nitrogens with one attached hydrogen (secondary N) is 2. The van der Waals surface area contributed by atoms with Crippen LogP contribution < -0.4 is 15.5 Å². The number of piperazine rings is 1. The highest BCUT2D eigenvalue weighted by Crippen LogP contribution is 2.22. The Hall–Kier alpha value is -3.00. The maximum atomic E-state index is 12.6. The van der Waals surface area contributed by atoms with Crippen LogP contribution in [-0.4, -0.2) is 60.0 Å². The second-order valence-corrected chi connectivity index (χ2v) is 9.10. The van der Waals surface area contributed by atoms with E-state index >= 15 is 0 Å². The van der Waals surface area contributed by atoms with Crippen molar-refractivity contribution in [2.75, 3.05) is 37.6 Å². The number of hydrogen-bond donors (Lipinski definition) is 2. The number of thiophene rings is 1. The van der Waals surface area contributed by atoms with E-state index in [1.54, 1.807) is 11.3 Å². The van der Waals surface area contributed by atoms with Crippen LogP contribution in [0.1, 0.15) is 29.1 Å². The summed E-state index contributed by atoms with van der Waals surface area (Å²) in [4.78, 5) is 30.3. The number of carbonyl (C=O) groups excluding carboxylic acids is 2. The number of urea groups is 1. The number of aromatic nitrogens is 1. The van der Waals surface area contributed by atoms with Crippen molar-refractivity contribution in [3.63, 3.8) is 0 Å². The van der Waals surface area contributed by atoms with Gasteiger partial charge in [-0.2, -0.15) is 0 Å². The average molecular weight is 440 g/mol. The molecule has 1 aliphatic heterocycles. The summed E-state index contributed by atoms with van der Waals surface area (Å²) in [6, 6.07) is 12.2. The molecule has 0 bridgehead atoms. The van der Waals surface area contributed by atoms with Gasteiger partial charge in [0.1, 0.15) is 5.82 Å². The van der Waals surface area contributed by atoms with E-state index in [1.165, 1.54) is 4.88 Å². The summed E-state index contributed by atoms with van der Waals surface area (Å²) in [6.07, 6.45) is 2.75. The van der Waals surface area contributed by atoms with Gasteiger partial charge in [0.2, 0.25) is 0 Å². The van der Waals surface area contributed by atoms with Crippen molar-refractivity contribution in [3.8, 4) is 0 Å². The highest BCUT2D eigenvalue weighted by Gasteiger charge is 2.23. The number of hydrogen-bond acceptors (Lipinski definition) is 4. The number of pyridine rings is 1. The van der Waals surface area contributed by atoms with Crippen LogP contribution in [0.5, 0.6) is 0 Å². The lowest BCUT2D eigenvalue weighted by molar-refractivity contribution is 0.0953. The van der Waals surface area contributed by atoms with Crippen LogP contribution in [0, 0.1) is 0 Å². The SMILES string of the molecule is CC(C)NC(=O)N1CCN(c2ccc3ccc(C(=O)NCCc4cccs4)cn23)CC1. The summed E-state index contributed by atoms with van der Waals surface area (Å²) in [7, 11) is 0. The molecule has 0 atom stereocenters. The zero-order valence-electron chi connectivity index (χ0n) is 18.0. The van der Waals surface area contributed by atoms with Crippen molar-refractivity contribution in [3.05, 3.63) is 58.4 Å². The van der Waals surface area contributed by atoms with Crippen LogP contribution in [0.3, 0.4) is 0 Å². The molecule has 0 spiro atoms. The number of carbonyl (C=O) groups is 2. The van der Waals surface area contributed by atoms with Crippen LogP contribution in [0.2, 0.25) is 0 Å². The summed E-state index contributed by atoms with van der Waals surface area (Å²) < 4.78 is 2.07. The first kappa shape index (κ1) is 21.2. The van der Waals surface area contributed by atoms with Crippen LogP contribution in [0.25, 0.3) is 5.52 Å². The second-order valence-electron chi connectivity index (χ2n) is 8.07. The first-order valence-corrected chi connectivity index (χ1v) is 11.6. The molecule has 7 nitrogen and oxygen atoms in total. The zero-order chi connectivity index (χ0) is 21.8. The topological polar surface area (TPSA) is 69.1 Å². The van der Waals surface area contributed by atoms with Crippen molar-refractivity contribution in [1.29, 1.82) is 0 Å². The minimum atomic E-state index is -0.0618. The highest BCUT2D eigenvalue weighted by atomic mass is 32.1. The van der Waals surface area contributed by atoms with Gasteiger partial charge < -0.3 is 24.8 Å². The van der Waals surface area contributed by atoms with E-state index in [4.69, 9.17) is 0 Å². The molecule has 1 fully saturated rings. The van der Waals surface area contributed by atoms with Gasteiger partial charge in [-0.3, -0.25) is 4.79 Å². The molecular weight excluding hydrogens is 410 g/mol. The normalized spacial score (nSPS) is 14.3. The average Bonchev–Trinajstić information content (AvgIpc) is 3.42. The summed E-state index contributed by atoms with van der Waals surface area (Å²) in [5, 5.41) is 8.02. The minimum Gasteiger partial charge on any atom is -0.354 e. The largest absolute Gasteiger partial charge is 0.354 e. The molecule has 0 aromatic carbocycles. The van der Waals surface area contributed by atoms with Gasteiger partial charge in [-0.05, 0) is 56.0 Å². The lowest BCUT2D eigenvalue weighted by atomic mass is 10.2. The molecule has 2 N–H and O–H groups in total. The molecule has 0 aliphatic carbocycles. The standard InChI is InChI=1S/C23H29N5O2S/c1-17(2)25-23(30)27-13-11-26(12-14-27)21-8-7-19-6-5-18(16-28(19)21)22(29)24-10-9-20-4-3-15-31-20/h3-8,15-17H,9-14H2,1-2H3,(H,24,29)(H,25,30). The van der Waals surface area contributed by atoms with Crippen molar-refractivity contribution in [1.82, 2.24) is 19.9 Å².